The van der Waals surface area contributed by atoms with Gasteiger partial charge in [-0.3, -0.25) is 4.79 Å². The molecule has 0 unspecified atom stereocenters. The molecule has 0 radical (unpaired) electrons. The highest BCUT2D eigenvalue weighted by molar-refractivity contribution is 6.36. The number of likely N-dealkylation sites (N-methyl/N-ethyl adjacent to an activating group) is 1. The van der Waals surface area contributed by atoms with E-state index in [0.29, 0.717) is 17.1 Å². The van der Waals surface area contributed by atoms with Crippen molar-refractivity contribution in [3.05, 3.63) is 70.8 Å². The van der Waals surface area contributed by atoms with Crippen LogP contribution in [0, 0.1) is 6.92 Å². The number of rotatable bonds is 6. The molecule has 2 aromatic carbocycles. The van der Waals surface area contributed by atoms with E-state index in [1.165, 1.54) is 5.69 Å². The molecule has 2 N–H and O–H groups in total. The average Bonchev–Trinajstić information content (AvgIpc) is 3.07. The van der Waals surface area contributed by atoms with Crippen molar-refractivity contribution in [1.82, 2.24) is 14.5 Å². The van der Waals surface area contributed by atoms with Crippen molar-refractivity contribution in [2.24, 2.45) is 7.05 Å². The molecule has 7 heteroatoms. The molecule has 1 aliphatic heterocycles. The van der Waals surface area contributed by atoms with Crippen molar-refractivity contribution in [2.45, 2.75) is 19.9 Å². The van der Waals surface area contributed by atoms with Gasteiger partial charge in [0.05, 0.1) is 22.1 Å². The van der Waals surface area contributed by atoms with Gasteiger partial charge in [-0.05, 0) is 37.2 Å². The van der Waals surface area contributed by atoms with Crippen LogP contribution in [0.5, 0.6) is 0 Å². The molecule has 31 heavy (non-hydrogen) atoms. The molecule has 1 aromatic heterocycles. The normalized spacial score (nSPS) is 13.5. The first-order chi connectivity index (χ1) is 14.9. The summed E-state index contributed by atoms with van der Waals surface area (Å²) in [6.45, 7) is 8.06. The molecule has 0 saturated carbocycles. The number of nitrogens with one attached hydrogen (secondary N) is 2. The smallest absolute Gasteiger partial charge is 0.211 e. The van der Waals surface area contributed by atoms with Crippen LogP contribution in [-0.2, 0) is 24.8 Å². The molecule has 0 saturated heterocycles. The fourth-order valence-electron chi connectivity index (χ4n) is 4.13. The minimum absolute atomic E-state index is 0.591. The number of amides is 1. The van der Waals surface area contributed by atoms with E-state index in [2.05, 4.69) is 33.7 Å². The Morgan fingerprint density at radius 3 is 2.61 bits per heavy atom. The van der Waals surface area contributed by atoms with Crippen molar-refractivity contribution in [3.8, 4) is 11.1 Å². The number of halogens is 1. The molecule has 3 aromatic rings. The lowest BCUT2D eigenvalue weighted by Crippen LogP contribution is -2.27. The number of benzene rings is 2. The second-order valence-corrected chi connectivity index (χ2v) is 8.26. The first-order valence-corrected chi connectivity index (χ1v) is 10.6. The topological polar surface area (TPSA) is 62.2 Å². The lowest BCUT2D eigenvalue weighted by atomic mass is 9.98. The molecule has 160 valence electrons. The van der Waals surface area contributed by atoms with Crippen LogP contribution in [0.15, 0.2) is 43.0 Å². The molecular formula is C24H26ClN5O. The number of imidazole rings is 1. The number of hydrogen-bond acceptors (Lipinski definition) is 4. The maximum Gasteiger partial charge on any atom is 0.211 e. The molecule has 4 rings (SSSR count). The van der Waals surface area contributed by atoms with Gasteiger partial charge in [-0.25, -0.2) is 4.98 Å². The van der Waals surface area contributed by atoms with E-state index < -0.39 is 0 Å². The molecule has 1 amide bonds. The van der Waals surface area contributed by atoms with Gasteiger partial charge in [-0.2, -0.15) is 0 Å². The van der Waals surface area contributed by atoms with Crippen LogP contribution in [0.3, 0.4) is 0 Å². The first-order valence-electron chi connectivity index (χ1n) is 10.2. The molecule has 2 heterocycles. The van der Waals surface area contributed by atoms with Crippen LogP contribution >= 0.6 is 11.6 Å². The standard InChI is InChI=1S/C24H26ClN5O/c1-15-17(7-5-9-19(15)26-14-31)18-8-6-10-20(23(18)25)27-16(2)24-28-21-13-29(3)12-11-22(21)30(24)4/h5-10,14,27H,2,11-13H2,1,3-4H3,(H,26,31). The maximum absolute atomic E-state index is 10.9. The van der Waals surface area contributed by atoms with Crippen LogP contribution in [-0.4, -0.2) is 34.5 Å². The highest BCUT2D eigenvalue weighted by Crippen LogP contribution is 2.38. The monoisotopic (exact) mass is 435 g/mol. The van der Waals surface area contributed by atoms with Gasteiger partial charge in [0, 0.05) is 43.5 Å². The fourth-order valence-corrected chi connectivity index (χ4v) is 4.41. The molecule has 0 atom stereocenters. The van der Waals surface area contributed by atoms with Crippen LogP contribution in [0.4, 0.5) is 11.4 Å². The minimum Gasteiger partial charge on any atom is -0.352 e. The lowest BCUT2D eigenvalue weighted by Gasteiger charge is -2.21. The number of fused-ring (bicyclic) bond motifs is 1. The Hall–Kier alpha value is -3.09. The summed E-state index contributed by atoms with van der Waals surface area (Å²) in [5.41, 5.74) is 7.37. The molecule has 0 spiro atoms. The van der Waals surface area contributed by atoms with E-state index in [1.54, 1.807) is 0 Å². The van der Waals surface area contributed by atoms with Gasteiger partial charge in [-0.15, -0.1) is 0 Å². The van der Waals surface area contributed by atoms with Crippen molar-refractivity contribution in [3.63, 3.8) is 0 Å². The Morgan fingerprint density at radius 2 is 1.87 bits per heavy atom. The van der Waals surface area contributed by atoms with Gasteiger partial charge in [-0.1, -0.05) is 42.4 Å². The predicted octanol–water partition coefficient (Wildman–Crippen LogP) is 4.69. The minimum atomic E-state index is 0.591. The molecule has 1 aliphatic rings. The second kappa shape index (κ2) is 8.57. The Kier molecular flexibility index (Phi) is 5.85. The predicted molar refractivity (Wildman–Crippen MR) is 127 cm³/mol. The quantitative estimate of drug-likeness (QED) is 0.551. The maximum atomic E-state index is 10.9. The fraction of sp³-hybridized carbons (Fsp3) is 0.250. The number of anilines is 2. The largest absolute Gasteiger partial charge is 0.352 e. The van der Waals surface area contributed by atoms with E-state index in [1.807, 2.05) is 50.4 Å². The zero-order chi connectivity index (χ0) is 22.1. The summed E-state index contributed by atoms with van der Waals surface area (Å²) in [5.74, 6) is 0.815. The third-order valence-electron chi connectivity index (χ3n) is 5.84. The van der Waals surface area contributed by atoms with E-state index in [9.17, 15) is 4.79 Å². The van der Waals surface area contributed by atoms with Gasteiger partial charge >= 0.3 is 0 Å². The third kappa shape index (κ3) is 3.96. The van der Waals surface area contributed by atoms with E-state index in [0.717, 1.165) is 59.1 Å². The van der Waals surface area contributed by atoms with E-state index in [-0.39, 0.29) is 0 Å². The zero-order valence-corrected chi connectivity index (χ0v) is 18.8. The number of aromatic nitrogens is 2. The van der Waals surface area contributed by atoms with Gasteiger partial charge < -0.3 is 20.1 Å². The highest BCUT2D eigenvalue weighted by Gasteiger charge is 2.22. The zero-order valence-electron chi connectivity index (χ0n) is 18.0. The summed E-state index contributed by atoms with van der Waals surface area (Å²) in [6.07, 6.45) is 1.66. The van der Waals surface area contributed by atoms with Gasteiger partial charge in [0.15, 0.2) is 5.82 Å². The summed E-state index contributed by atoms with van der Waals surface area (Å²) < 4.78 is 2.12. The average molecular weight is 436 g/mol. The molecule has 0 aliphatic carbocycles. The van der Waals surface area contributed by atoms with E-state index in [4.69, 9.17) is 16.6 Å². The Bertz CT molecular complexity index is 1170. The highest BCUT2D eigenvalue weighted by atomic mass is 35.5. The molecule has 0 fully saturated rings. The lowest BCUT2D eigenvalue weighted by molar-refractivity contribution is -0.105. The van der Waals surface area contributed by atoms with Gasteiger partial charge in [0.25, 0.3) is 0 Å². The number of nitrogens with zero attached hydrogens (tertiary/aromatic N) is 3. The van der Waals surface area contributed by atoms with Crippen LogP contribution in [0.1, 0.15) is 22.8 Å². The molecular weight excluding hydrogens is 410 g/mol. The van der Waals surface area contributed by atoms with Crippen LogP contribution in [0.2, 0.25) is 5.02 Å². The Balaban J connectivity index is 1.65. The number of carbonyl (C=O) groups is 1. The summed E-state index contributed by atoms with van der Waals surface area (Å²) in [7, 11) is 4.14. The summed E-state index contributed by atoms with van der Waals surface area (Å²) in [4.78, 5) is 18.0. The van der Waals surface area contributed by atoms with Gasteiger partial charge in [0.1, 0.15) is 0 Å². The number of carbonyl (C=O) groups excluding carboxylic acids is 1. The molecule has 0 bridgehead atoms. The van der Waals surface area contributed by atoms with Crippen molar-refractivity contribution in [1.29, 1.82) is 0 Å². The first kappa shape index (κ1) is 21.2. The van der Waals surface area contributed by atoms with E-state index >= 15 is 0 Å². The summed E-state index contributed by atoms with van der Waals surface area (Å²) in [5, 5.41) is 6.69. The summed E-state index contributed by atoms with van der Waals surface area (Å²) in [6, 6.07) is 11.6. The molecule has 6 nitrogen and oxygen atoms in total. The summed E-state index contributed by atoms with van der Waals surface area (Å²) >= 11 is 6.81. The number of hydrogen-bond donors (Lipinski definition) is 2. The van der Waals surface area contributed by atoms with Crippen LogP contribution in [0.25, 0.3) is 16.8 Å². The SMILES string of the molecule is C=C(Nc1cccc(-c2cccc(NC=O)c2C)c1Cl)c1nc2c(n1C)CCN(C)C2. The van der Waals surface area contributed by atoms with Crippen LogP contribution < -0.4 is 10.6 Å². The third-order valence-corrected chi connectivity index (χ3v) is 6.25. The Morgan fingerprint density at radius 1 is 1.16 bits per heavy atom. The van der Waals surface area contributed by atoms with Crippen molar-refractivity contribution >= 4 is 35.1 Å². The van der Waals surface area contributed by atoms with Gasteiger partial charge in [0.2, 0.25) is 6.41 Å². The second-order valence-electron chi connectivity index (χ2n) is 7.89. The Labute approximate surface area is 187 Å². The van der Waals surface area contributed by atoms with Crippen molar-refractivity contribution in [2.75, 3.05) is 24.2 Å². The van der Waals surface area contributed by atoms with Crippen molar-refractivity contribution < 1.29 is 4.79 Å².